The van der Waals surface area contributed by atoms with Crippen LogP contribution < -0.4 is 4.74 Å². The van der Waals surface area contributed by atoms with Crippen LogP contribution >= 0.6 is 0 Å². The number of hydrogen-bond acceptors (Lipinski definition) is 5. The van der Waals surface area contributed by atoms with Gasteiger partial charge in [-0.3, -0.25) is 0 Å². The number of phenolic OH excluding ortho intramolecular Hbond substituents is 3. The first kappa shape index (κ1) is 11.5. The highest BCUT2D eigenvalue weighted by atomic mass is 16.5. The van der Waals surface area contributed by atoms with Gasteiger partial charge < -0.3 is 25.2 Å². The van der Waals surface area contributed by atoms with Crippen molar-refractivity contribution in [3.05, 3.63) is 11.6 Å². The zero-order valence-electron chi connectivity index (χ0n) is 9.89. The summed E-state index contributed by atoms with van der Waals surface area (Å²) >= 11 is 0. The Bertz CT molecular complexity index is 491. The van der Waals surface area contributed by atoms with Crippen LogP contribution in [0.15, 0.2) is 6.07 Å². The minimum atomic E-state index is -0.877. The lowest BCUT2D eigenvalue weighted by molar-refractivity contribution is -0.0129. The Kier molecular flexibility index (Phi) is 2.35. The molecule has 1 aliphatic heterocycles. The molecule has 1 unspecified atom stereocenters. The van der Waals surface area contributed by atoms with Crippen LogP contribution in [0.4, 0.5) is 0 Å². The van der Waals surface area contributed by atoms with E-state index in [1.165, 1.54) is 0 Å². The van der Waals surface area contributed by atoms with Crippen molar-refractivity contribution in [3.8, 4) is 23.0 Å². The van der Waals surface area contributed by atoms with E-state index in [9.17, 15) is 20.4 Å². The van der Waals surface area contributed by atoms with E-state index in [1.54, 1.807) is 0 Å². The number of aliphatic hydroxyl groups is 1. The van der Waals surface area contributed by atoms with E-state index in [0.717, 1.165) is 31.7 Å². The molecule has 2 aliphatic rings. The number of aromatic hydroxyl groups is 3. The average molecular weight is 252 g/mol. The van der Waals surface area contributed by atoms with Gasteiger partial charge in [-0.1, -0.05) is 0 Å². The Labute approximate surface area is 104 Å². The van der Waals surface area contributed by atoms with Gasteiger partial charge in [0.05, 0.1) is 11.7 Å². The molecule has 1 aromatic rings. The van der Waals surface area contributed by atoms with Crippen molar-refractivity contribution in [2.75, 3.05) is 0 Å². The number of ether oxygens (including phenoxy) is 1. The number of benzene rings is 1. The van der Waals surface area contributed by atoms with Crippen molar-refractivity contribution in [3.63, 3.8) is 0 Å². The molecule has 0 saturated heterocycles. The van der Waals surface area contributed by atoms with E-state index in [1.807, 2.05) is 0 Å². The quantitative estimate of drug-likeness (QED) is 0.418. The number of phenols is 3. The summed E-state index contributed by atoms with van der Waals surface area (Å²) in [6.45, 7) is 0. The summed E-state index contributed by atoms with van der Waals surface area (Å²) in [6, 6.07) is 1.02. The topological polar surface area (TPSA) is 90.2 Å². The summed E-state index contributed by atoms with van der Waals surface area (Å²) in [4.78, 5) is 0. The Morgan fingerprint density at radius 3 is 2.44 bits per heavy atom. The Morgan fingerprint density at radius 2 is 1.78 bits per heavy atom. The number of rotatable bonds is 0. The highest BCUT2D eigenvalue weighted by molar-refractivity contribution is 5.61. The van der Waals surface area contributed by atoms with Gasteiger partial charge in [0.1, 0.15) is 11.4 Å². The molecule has 0 radical (unpaired) electrons. The van der Waals surface area contributed by atoms with E-state index in [-0.39, 0.29) is 17.1 Å². The zero-order chi connectivity index (χ0) is 12.9. The SMILES string of the molecule is Oc1cc(O)c2c(c1O)OC1(CCCC1)CC2O. The molecule has 4 N–H and O–H groups in total. The van der Waals surface area contributed by atoms with Gasteiger partial charge in [-0.25, -0.2) is 0 Å². The Morgan fingerprint density at radius 1 is 1.11 bits per heavy atom. The lowest BCUT2D eigenvalue weighted by Crippen LogP contribution is -2.38. The van der Waals surface area contributed by atoms with Gasteiger partial charge in [-0.15, -0.1) is 0 Å². The first-order valence-corrected chi connectivity index (χ1v) is 6.17. The molecule has 5 nitrogen and oxygen atoms in total. The van der Waals surface area contributed by atoms with Crippen LogP contribution in [0.3, 0.4) is 0 Å². The van der Waals surface area contributed by atoms with Crippen LogP contribution in [-0.2, 0) is 0 Å². The third-order valence-electron chi connectivity index (χ3n) is 3.98. The minimum absolute atomic E-state index is 0.0214. The van der Waals surface area contributed by atoms with E-state index < -0.39 is 23.2 Å². The molecule has 5 heteroatoms. The third kappa shape index (κ3) is 1.50. The van der Waals surface area contributed by atoms with Gasteiger partial charge in [-0.05, 0) is 25.7 Å². The lowest BCUT2D eigenvalue weighted by Gasteiger charge is -2.38. The Hall–Kier alpha value is -1.62. The fourth-order valence-corrected chi connectivity index (χ4v) is 3.10. The van der Waals surface area contributed by atoms with E-state index >= 15 is 0 Å². The van der Waals surface area contributed by atoms with Crippen molar-refractivity contribution >= 4 is 0 Å². The second-order valence-corrected chi connectivity index (χ2v) is 5.22. The molecule has 1 heterocycles. The highest BCUT2D eigenvalue weighted by Gasteiger charge is 2.45. The number of aliphatic hydroxyl groups excluding tert-OH is 1. The number of fused-ring (bicyclic) bond motifs is 1. The van der Waals surface area contributed by atoms with E-state index in [2.05, 4.69) is 0 Å². The van der Waals surface area contributed by atoms with Crippen LogP contribution in [0.2, 0.25) is 0 Å². The summed E-state index contributed by atoms with van der Waals surface area (Å²) in [5.74, 6) is -1.07. The molecule has 1 atom stereocenters. The predicted molar refractivity (Wildman–Crippen MR) is 62.8 cm³/mol. The molecular formula is C13H16O5. The van der Waals surface area contributed by atoms with Crippen LogP contribution in [0.5, 0.6) is 23.0 Å². The second kappa shape index (κ2) is 3.68. The average Bonchev–Trinajstić information content (AvgIpc) is 2.73. The number of hydrogen-bond donors (Lipinski definition) is 4. The lowest BCUT2D eigenvalue weighted by atomic mass is 9.87. The standard InChI is InChI=1S/C13H16O5/c14-7-5-8(15)11(17)12-10(7)9(16)6-13(18-12)3-1-2-4-13/h5,9,14-17H,1-4,6H2. The largest absolute Gasteiger partial charge is 0.507 e. The van der Waals surface area contributed by atoms with Crippen molar-refractivity contribution < 1.29 is 25.2 Å². The predicted octanol–water partition coefficient (Wildman–Crippen LogP) is 1.93. The van der Waals surface area contributed by atoms with Crippen molar-refractivity contribution in [1.82, 2.24) is 0 Å². The van der Waals surface area contributed by atoms with Gasteiger partial charge in [0.15, 0.2) is 11.5 Å². The molecule has 0 aromatic heterocycles. The van der Waals surface area contributed by atoms with Crippen molar-refractivity contribution in [1.29, 1.82) is 0 Å². The van der Waals surface area contributed by atoms with Gasteiger partial charge >= 0.3 is 0 Å². The van der Waals surface area contributed by atoms with Crippen LogP contribution in [-0.4, -0.2) is 26.0 Å². The van der Waals surface area contributed by atoms with Crippen LogP contribution in [0.25, 0.3) is 0 Å². The molecule has 0 bridgehead atoms. The molecule has 3 rings (SSSR count). The molecule has 98 valence electrons. The molecule has 1 spiro atoms. The van der Waals surface area contributed by atoms with Crippen molar-refractivity contribution in [2.45, 2.75) is 43.8 Å². The maximum Gasteiger partial charge on any atom is 0.201 e. The second-order valence-electron chi connectivity index (χ2n) is 5.22. The van der Waals surface area contributed by atoms with E-state index in [0.29, 0.717) is 6.42 Å². The molecule has 1 saturated carbocycles. The smallest absolute Gasteiger partial charge is 0.201 e. The third-order valence-corrected chi connectivity index (χ3v) is 3.98. The first-order chi connectivity index (χ1) is 8.52. The molecule has 18 heavy (non-hydrogen) atoms. The summed E-state index contributed by atoms with van der Waals surface area (Å²) in [7, 11) is 0. The molecular weight excluding hydrogens is 236 g/mol. The fraction of sp³-hybridized carbons (Fsp3) is 0.538. The van der Waals surface area contributed by atoms with Gasteiger partial charge in [-0.2, -0.15) is 0 Å². The van der Waals surface area contributed by atoms with E-state index in [4.69, 9.17) is 4.74 Å². The molecule has 1 aliphatic carbocycles. The van der Waals surface area contributed by atoms with Gasteiger partial charge in [0.2, 0.25) is 5.75 Å². The molecule has 0 amide bonds. The maximum atomic E-state index is 10.2. The molecule has 1 aromatic carbocycles. The summed E-state index contributed by atoms with van der Waals surface area (Å²) < 4.78 is 5.81. The van der Waals surface area contributed by atoms with Gasteiger partial charge in [0.25, 0.3) is 0 Å². The zero-order valence-corrected chi connectivity index (χ0v) is 9.89. The Balaban J connectivity index is 2.12. The monoisotopic (exact) mass is 252 g/mol. The summed E-state index contributed by atoms with van der Waals surface area (Å²) in [5, 5.41) is 39.2. The summed E-state index contributed by atoms with van der Waals surface area (Å²) in [5.41, 5.74) is -0.299. The minimum Gasteiger partial charge on any atom is -0.507 e. The highest BCUT2D eigenvalue weighted by Crippen LogP contribution is 2.55. The summed E-state index contributed by atoms with van der Waals surface area (Å²) in [6.07, 6.45) is 3.22. The maximum absolute atomic E-state index is 10.2. The van der Waals surface area contributed by atoms with Crippen LogP contribution in [0.1, 0.15) is 43.8 Å². The normalized spacial score (nSPS) is 24.8. The van der Waals surface area contributed by atoms with Crippen molar-refractivity contribution in [2.24, 2.45) is 0 Å². The van der Waals surface area contributed by atoms with Crippen LogP contribution in [0, 0.1) is 0 Å². The fourth-order valence-electron chi connectivity index (χ4n) is 3.10. The van der Waals surface area contributed by atoms with Gasteiger partial charge in [0, 0.05) is 12.5 Å². The first-order valence-electron chi connectivity index (χ1n) is 6.17. The molecule has 1 fully saturated rings.